The highest BCUT2D eigenvalue weighted by atomic mass is 16.2. The molecule has 1 aliphatic rings. The molecule has 1 aliphatic heterocycles. The Labute approximate surface area is 185 Å². The molecule has 9 nitrogen and oxygen atoms in total. The predicted molar refractivity (Wildman–Crippen MR) is 119 cm³/mol. The summed E-state index contributed by atoms with van der Waals surface area (Å²) >= 11 is 0. The van der Waals surface area contributed by atoms with Crippen molar-refractivity contribution in [1.29, 1.82) is 5.26 Å². The maximum Gasteiger partial charge on any atom is 0.254 e. The Morgan fingerprint density at radius 1 is 1.09 bits per heavy atom. The number of nitriles is 1. The summed E-state index contributed by atoms with van der Waals surface area (Å²) in [5, 5.41) is 11.9. The summed E-state index contributed by atoms with van der Waals surface area (Å²) in [5.74, 6) is 0.554. The Balaban J connectivity index is 1.32. The minimum atomic E-state index is -0.121. The molecule has 2 amide bonds. The summed E-state index contributed by atoms with van der Waals surface area (Å²) < 4.78 is 1.84. The minimum Gasteiger partial charge on any atom is -0.353 e. The van der Waals surface area contributed by atoms with Gasteiger partial charge in [-0.3, -0.25) is 9.59 Å². The maximum atomic E-state index is 13.0. The molecule has 3 heterocycles. The van der Waals surface area contributed by atoms with E-state index in [2.05, 4.69) is 26.3 Å². The van der Waals surface area contributed by atoms with Gasteiger partial charge in [-0.1, -0.05) is 6.07 Å². The van der Waals surface area contributed by atoms with Crippen molar-refractivity contribution >= 4 is 23.3 Å². The molecule has 4 rings (SSSR count). The molecular weight excluding hydrogens is 406 g/mol. The number of nitrogens with zero attached hydrogens (tertiary/aromatic N) is 6. The number of imidazole rings is 1. The average molecular weight is 429 g/mol. The first kappa shape index (κ1) is 21.1. The van der Waals surface area contributed by atoms with Crippen molar-refractivity contribution in [3.8, 4) is 6.07 Å². The molecule has 1 fully saturated rings. The number of benzene rings is 1. The lowest BCUT2D eigenvalue weighted by Gasteiger charge is -2.35. The van der Waals surface area contributed by atoms with Crippen molar-refractivity contribution in [1.82, 2.24) is 19.4 Å². The number of amides is 2. The van der Waals surface area contributed by atoms with E-state index in [1.165, 1.54) is 0 Å². The molecule has 0 unspecified atom stereocenters. The predicted octanol–water partition coefficient (Wildman–Crippen LogP) is 2.14. The van der Waals surface area contributed by atoms with Gasteiger partial charge in [-0.2, -0.15) is 5.26 Å². The van der Waals surface area contributed by atoms with E-state index in [4.69, 9.17) is 5.26 Å². The molecule has 0 bridgehead atoms. The van der Waals surface area contributed by atoms with E-state index in [1.54, 1.807) is 60.0 Å². The Kier molecular flexibility index (Phi) is 6.41. The summed E-state index contributed by atoms with van der Waals surface area (Å²) in [6.45, 7) is 2.93. The van der Waals surface area contributed by atoms with E-state index in [1.807, 2.05) is 10.8 Å². The Hall–Kier alpha value is -4.19. The fraction of sp³-hybridized carbons (Fsp3) is 0.261. The van der Waals surface area contributed by atoms with Crippen molar-refractivity contribution < 1.29 is 9.59 Å². The van der Waals surface area contributed by atoms with Gasteiger partial charge in [-0.15, -0.1) is 0 Å². The zero-order chi connectivity index (χ0) is 22.3. The Morgan fingerprint density at radius 2 is 1.94 bits per heavy atom. The molecule has 3 aromatic rings. The van der Waals surface area contributed by atoms with Crippen molar-refractivity contribution in [2.24, 2.45) is 0 Å². The number of anilines is 2. The zero-order valence-corrected chi connectivity index (χ0v) is 17.5. The molecule has 9 heteroatoms. The largest absolute Gasteiger partial charge is 0.353 e. The van der Waals surface area contributed by atoms with Gasteiger partial charge in [0.25, 0.3) is 5.91 Å². The molecule has 0 radical (unpaired) electrons. The van der Waals surface area contributed by atoms with E-state index in [0.29, 0.717) is 56.0 Å². The molecule has 1 N–H and O–H groups in total. The van der Waals surface area contributed by atoms with Crippen LogP contribution in [0, 0.1) is 11.3 Å². The van der Waals surface area contributed by atoms with E-state index in [-0.39, 0.29) is 11.8 Å². The highest BCUT2D eigenvalue weighted by Crippen LogP contribution is 2.18. The first-order valence-corrected chi connectivity index (χ1v) is 10.4. The first-order chi connectivity index (χ1) is 15.6. The number of aromatic nitrogens is 3. The quantitative estimate of drug-likeness (QED) is 0.643. The van der Waals surface area contributed by atoms with Gasteiger partial charge in [-0.25, -0.2) is 9.97 Å². The van der Waals surface area contributed by atoms with Crippen LogP contribution in [0.25, 0.3) is 0 Å². The molecule has 0 spiro atoms. The van der Waals surface area contributed by atoms with Crippen LogP contribution in [0.1, 0.15) is 22.3 Å². The van der Waals surface area contributed by atoms with Crippen LogP contribution in [0.4, 0.5) is 11.5 Å². The van der Waals surface area contributed by atoms with Gasteiger partial charge in [0.15, 0.2) is 0 Å². The van der Waals surface area contributed by atoms with E-state index in [0.717, 1.165) is 5.82 Å². The molecule has 2 aromatic heterocycles. The first-order valence-electron chi connectivity index (χ1n) is 10.4. The second kappa shape index (κ2) is 9.75. The molecular formula is C23H23N7O2. The number of nitrogens with one attached hydrogen (secondary N) is 1. The highest BCUT2D eigenvalue weighted by molar-refractivity contribution is 5.97. The van der Waals surface area contributed by atoms with Crippen molar-refractivity contribution in [3.63, 3.8) is 0 Å². The van der Waals surface area contributed by atoms with Crippen LogP contribution >= 0.6 is 0 Å². The number of hydrogen-bond acceptors (Lipinski definition) is 6. The summed E-state index contributed by atoms with van der Waals surface area (Å²) in [5.41, 5.74) is 1.70. The topological polar surface area (TPSA) is 107 Å². The minimum absolute atomic E-state index is 0.0714. The third-order valence-corrected chi connectivity index (χ3v) is 5.32. The van der Waals surface area contributed by atoms with Crippen LogP contribution in [0.3, 0.4) is 0 Å². The van der Waals surface area contributed by atoms with Crippen molar-refractivity contribution in [2.75, 3.05) is 36.4 Å². The number of carbonyl (C=O) groups is 2. The lowest BCUT2D eigenvalue weighted by molar-refractivity contribution is -0.116. The lowest BCUT2D eigenvalue weighted by atomic mass is 10.1. The summed E-state index contributed by atoms with van der Waals surface area (Å²) in [7, 11) is 0. The Morgan fingerprint density at radius 3 is 2.69 bits per heavy atom. The number of aryl methyl sites for hydroxylation is 1. The van der Waals surface area contributed by atoms with E-state index >= 15 is 0 Å². The second-order valence-corrected chi connectivity index (χ2v) is 7.47. The molecule has 0 atom stereocenters. The van der Waals surface area contributed by atoms with Gasteiger partial charge in [0, 0.05) is 69.0 Å². The average Bonchev–Trinajstić information content (AvgIpc) is 3.36. The molecule has 0 saturated carbocycles. The van der Waals surface area contributed by atoms with Crippen molar-refractivity contribution in [2.45, 2.75) is 13.0 Å². The molecule has 162 valence electrons. The maximum absolute atomic E-state index is 13.0. The van der Waals surface area contributed by atoms with Crippen LogP contribution in [-0.4, -0.2) is 57.4 Å². The van der Waals surface area contributed by atoms with Gasteiger partial charge in [0.2, 0.25) is 5.91 Å². The fourth-order valence-electron chi connectivity index (χ4n) is 3.59. The molecule has 0 aliphatic carbocycles. The van der Waals surface area contributed by atoms with Crippen LogP contribution < -0.4 is 10.2 Å². The lowest BCUT2D eigenvalue weighted by Crippen LogP contribution is -2.49. The van der Waals surface area contributed by atoms with Gasteiger partial charge >= 0.3 is 0 Å². The molecule has 1 saturated heterocycles. The standard InChI is InChI=1S/C23H23N7O2/c24-16-18-4-6-26-21(14-18)29-10-12-30(13-11-29)23(32)19-2-1-3-20(15-19)27-22(31)5-8-28-9-7-25-17-28/h1-4,6-7,9,14-15,17H,5,8,10-13H2,(H,27,31). The van der Waals surface area contributed by atoms with E-state index in [9.17, 15) is 9.59 Å². The second-order valence-electron chi connectivity index (χ2n) is 7.47. The molecule has 32 heavy (non-hydrogen) atoms. The molecule has 1 aromatic carbocycles. The monoisotopic (exact) mass is 429 g/mol. The number of hydrogen-bond donors (Lipinski definition) is 1. The van der Waals surface area contributed by atoms with Gasteiger partial charge < -0.3 is 19.7 Å². The summed E-state index contributed by atoms with van der Waals surface area (Å²) in [4.78, 5) is 37.4. The SMILES string of the molecule is N#Cc1ccnc(N2CCN(C(=O)c3cccc(NC(=O)CCn4ccnc4)c3)CC2)c1. The van der Waals surface area contributed by atoms with Crippen LogP contribution in [0.5, 0.6) is 0 Å². The van der Waals surface area contributed by atoms with Gasteiger partial charge in [-0.05, 0) is 30.3 Å². The van der Waals surface area contributed by atoms with Crippen LogP contribution in [-0.2, 0) is 11.3 Å². The normalized spacial score (nSPS) is 13.5. The fourth-order valence-corrected chi connectivity index (χ4v) is 3.59. The van der Waals surface area contributed by atoms with Crippen LogP contribution in [0.2, 0.25) is 0 Å². The van der Waals surface area contributed by atoms with Crippen LogP contribution in [0.15, 0.2) is 61.3 Å². The summed E-state index contributed by atoms with van der Waals surface area (Å²) in [6.07, 6.45) is 7.09. The third kappa shape index (κ3) is 5.10. The number of pyridine rings is 1. The van der Waals surface area contributed by atoms with Gasteiger partial charge in [0.1, 0.15) is 5.82 Å². The smallest absolute Gasteiger partial charge is 0.254 e. The van der Waals surface area contributed by atoms with Gasteiger partial charge in [0.05, 0.1) is 18.0 Å². The third-order valence-electron chi connectivity index (χ3n) is 5.32. The number of carbonyl (C=O) groups excluding carboxylic acids is 2. The number of rotatable bonds is 6. The Bertz CT molecular complexity index is 1130. The summed E-state index contributed by atoms with van der Waals surface area (Å²) in [6, 6.07) is 12.6. The van der Waals surface area contributed by atoms with E-state index < -0.39 is 0 Å². The zero-order valence-electron chi connectivity index (χ0n) is 17.5. The number of piperazine rings is 1. The van der Waals surface area contributed by atoms with Crippen molar-refractivity contribution in [3.05, 3.63) is 72.4 Å². The highest BCUT2D eigenvalue weighted by Gasteiger charge is 2.23.